The van der Waals surface area contributed by atoms with Crippen molar-refractivity contribution < 1.29 is 24.2 Å². The first-order chi connectivity index (χ1) is 15.5. The smallest absolute Gasteiger partial charge is 0.407 e. The minimum atomic E-state index is -1.12. The lowest BCUT2D eigenvalue weighted by Crippen LogP contribution is -2.57. The molecule has 3 N–H and O–H groups in total. The Morgan fingerprint density at radius 2 is 1.45 bits per heavy atom. The van der Waals surface area contributed by atoms with Gasteiger partial charge in [0.05, 0.1) is 5.41 Å². The molecule has 0 bridgehead atoms. The molecule has 0 saturated heterocycles. The number of amides is 2. The van der Waals surface area contributed by atoms with Crippen molar-refractivity contribution in [3.63, 3.8) is 0 Å². The molecule has 7 heteroatoms. The molecule has 0 radical (unpaired) electrons. The number of fused-ring (bicyclic) bond motifs is 3. The van der Waals surface area contributed by atoms with E-state index < -0.39 is 35.5 Å². The van der Waals surface area contributed by atoms with E-state index >= 15 is 0 Å². The fraction of sp³-hybridized carbons (Fsp3) is 0.423. The van der Waals surface area contributed by atoms with Gasteiger partial charge in [0.1, 0.15) is 12.6 Å². The van der Waals surface area contributed by atoms with Crippen LogP contribution >= 0.6 is 0 Å². The van der Waals surface area contributed by atoms with E-state index in [9.17, 15) is 14.4 Å². The molecule has 0 fully saturated rings. The molecule has 33 heavy (non-hydrogen) atoms. The van der Waals surface area contributed by atoms with Crippen LogP contribution in [-0.2, 0) is 14.3 Å². The number of carboxylic acids is 1. The predicted octanol–water partition coefficient (Wildman–Crippen LogP) is 4.17. The van der Waals surface area contributed by atoms with Gasteiger partial charge in [-0.25, -0.2) is 4.79 Å². The fourth-order valence-corrected chi connectivity index (χ4v) is 4.53. The van der Waals surface area contributed by atoms with Crippen molar-refractivity contribution in [3.05, 3.63) is 59.7 Å². The molecule has 0 aliphatic heterocycles. The van der Waals surface area contributed by atoms with Crippen LogP contribution in [0.25, 0.3) is 11.1 Å². The van der Waals surface area contributed by atoms with Gasteiger partial charge in [-0.2, -0.15) is 0 Å². The summed E-state index contributed by atoms with van der Waals surface area (Å²) in [4.78, 5) is 36.7. The third kappa shape index (κ3) is 5.02. The van der Waals surface area contributed by atoms with Crippen molar-refractivity contribution in [3.8, 4) is 11.1 Å². The topological polar surface area (TPSA) is 105 Å². The maximum Gasteiger partial charge on any atom is 0.407 e. The molecule has 0 saturated carbocycles. The lowest BCUT2D eigenvalue weighted by molar-refractivity contribution is -0.143. The molecule has 1 unspecified atom stereocenters. The number of nitrogens with one attached hydrogen (secondary N) is 2. The minimum absolute atomic E-state index is 0.0617. The summed E-state index contributed by atoms with van der Waals surface area (Å²) in [5, 5.41) is 14.4. The van der Waals surface area contributed by atoms with Crippen molar-refractivity contribution in [2.24, 2.45) is 11.3 Å². The average molecular weight is 453 g/mol. The van der Waals surface area contributed by atoms with E-state index in [1.165, 1.54) is 6.92 Å². The molecule has 176 valence electrons. The van der Waals surface area contributed by atoms with Crippen LogP contribution in [0.15, 0.2) is 48.5 Å². The van der Waals surface area contributed by atoms with E-state index in [0.717, 1.165) is 22.3 Å². The lowest BCUT2D eigenvalue weighted by atomic mass is 9.77. The van der Waals surface area contributed by atoms with Crippen molar-refractivity contribution in [2.75, 3.05) is 6.61 Å². The molecule has 0 spiro atoms. The van der Waals surface area contributed by atoms with Crippen LogP contribution in [0.4, 0.5) is 4.79 Å². The van der Waals surface area contributed by atoms with Crippen LogP contribution in [0.2, 0.25) is 0 Å². The van der Waals surface area contributed by atoms with E-state index in [1.807, 2.05) is 38.1 Å². The number of alkyl carbamates (subject to hydrolysis) is 1. The third-order valence-electron chi connectivity index (χ3n) is 6.36. The zero-order valence-electron chi connectivity index (χ0n) is 19.7. The molecule has 0 aromatic heterocycles. The zero-order chi connectivity index (χ0) is 24.3. The molecule has 2 aromatic rings. The van der Waals surface area contributed by atoms with Gasteiger partial charge in [0.15, 0.2) is 0 Å². The molecule has 2 amide bonds. The van der Waals surface area contributed by atoms with Crippen LogP contribution < -0.4 is 10.6 Å². The molecule has 2 atom stereocenters. The minimum Gasteiger partial charge on any atom is -0.480 e. The standard InChI is InChI=1S/C26H32N2O5/c1-15(2)22(26(4,5)24(31)27-16(3)23(29)30)28-25(32)33-14-21-19-12-8-6-10-17(19)18-11-7-9-13-20(18)21/h6-13,15-16,21-22H,14H2,1-5H3,(H,27,31)(H,28,32)(H,29,30)/t16-,22?/m1/s1. The van der Waals surface area contributed by atoms with E-state index in [0.29, 0.717) is 0 Å². The number of ether oxygens (including phenoxy) is 1. The molecular formula is C26H32N2O5. The number of aliphatic carboxylic acids is 1. The Bertz CT molecular complexity index is 1000. The molecule has 3 rings (SSSR count). The van der Waals surface area contributed by atoms with E-state index in [-0.39, 0.29) is 18.4 Å². The Balaban J connectivity index is 1.70. The van der Waals surface area contributed by atoms with Gasteiger partial charge >= 0.3 is 12.1 Å². The lowest BCUT2D eigenvalue weighted by Gasteiger charge is -2.36. The average Bonchev–Trinajstić information content (AvgIpc) is 3.09. The number of carbonyl (C=O) groups is 3. The summed E-state index contributed by atoms with van der Waals surface area (Å²) in [6.07, 6.45) is -0.609. The summed E-state index contributed by atoms with van der Waals surface area (Å²) < 4.78 is 5.64. The highest BCUT2D eigenvalue weighted by molar-refractivity contribution is 5.88. The van der Waals surface area contributed by atoms with Gasteiger partial charge in [0, 0.05) is 12.0 Å². The van der Waals surface area contributed by atoms with E-state index in [4.69, 9.17) is 9.84 Å². The quantitative estimate of drug-likeness (QED) is 0.558. The first-order valence-electron chi connectivity index (χ1n) is 11.2. The zero-order valence-corrected chi connectivity index (χ0v) is 19.7. The SMILES string of the molecule is CC(C)C(NC(=O)OCC1c2ccccc2-c2ccccc21)C(C)(C)C(=O)N[C@H](C)C(=O)O. The summed E-state index contributed by atoms with van der Waals surface area (Å²) in [5.41, 5.74) is 3.48. The highest BCUT2D eigenvalue weighted by atomic mass is 16.5. The van der Waals surface area contributed by atoms with Crippen LogP contribution in [0.3, 0.4) is 0 Å². The Labute approximate surface area is 194 Å². The molecule has 2 aromatic carbocycles. The Hall–Kier alpha value is -3.35. The summed E-state index contributed by atoms with van der Waals surface area (Å²) in [6.45, 7) is 8.73. The Kier molecular flexibility index (Phi) is 7.10. The fourth-order valence-electron chi connectivity index (χ4n) is 4.53. The van der Waals surface area contributed by atoms with Gasteiger partial charge in [0.2, 0.25) is 5.91 Å². The van der Waals surface area contributed by atoms with Gasteiger partial charge in [-0.3, -0.25) is 9.59 Å². The van der Waals surface area contributed by atoms with Gasteiger partial charge in [-0.15, -0.1) is 0 Å². The third-order valence-corrected chi connectivity index (χ3v) is 6.36. The maximum atomic E-state index is 12.8. The summed E-state index contributed by atoms with van der Waals surface area (Å²) in [7, 11) is 0. The van der Waals surface area contributed by atoms with Crippen molar-refractivity contribution >= 4 is 18.0 Å². The molecule has 1 aliphatic rings. The molecule has 1 aliphatic carbocycles. The maximum absolute atomic E-state index is 12.8. The second-order valence-corrected chi connectivity index (χ2v) is 9.45. The summed E-state index contributed by atoms with van der Waals surface area (Å²) in [6, 6.07) is 14.6. The number of carboxylic acid groups (broad SMARTS) is 1. The van der Waals surface area contributed by atoms with Crippen LogP contribution in [0, 0.1) is 11.3 Å². The van der Waals surface area contributed by atoms with Gasteiger partial charge in [-0.05, 0) is 48.9 Å². The Morgan fingerprint density at radius 3 is 1.94 bits per heavy atom. The van der Waals surface area contributed by atoms with Gasteiger partial charge in [0.25, 0.3) is 0 Å². The van der Waals surface area contributed by atoms with Crippen LogP contribution in [0.5, 0.6) is 0 Å². The Morgan fingerprint density at radius 1 is 0.939 bits per heavy atom. The highest BCUT2D eigenvalue weighted by Gasteiger charge is 2.41. The van der Waals surface area contributed by atoms with Crippen molar-refractivity contribution in [1.29, 1.82) is 0 Å². The predicted molar refractivity (Wildman–Crippen MR) is 126 cm³/mol. The molecule has 0 heterocycles. The summed E-state index contributed by atoms with van der Waals surface area (Å²) >= 11 is 0. The van der Waals surface area contributed by atoms with Crippen LogP contribution in [-0.4, -0.2) is 41.8 Å². The normalized spacial score (nSPS) is 14.7. The van der Waals surface area contributed by atoms with Crippen LogP contribution in [0.1, 0.15) is 51.7 Å². The van der Waals surface area contributed by atoms with E-state index in [1.54, 1.807) is 13.8 Å². The number of hydrogen-bond donors (Lipinski definition) is 3. The van der Waals surface area contributed by atoms with Crippen molar-refractivity contribution in [1.82, 2.24) is 10.6 Å². The number of rotatable bonds is 8. The van der Waals surface area contributed by atoms with Gasteiger partial charge < -0.3 is 20.5 Å². The molecule has 7 nitrogen and oxygen atoms in total. The largest absolute Gasteiger partial charge is 0.480 e. The summed E-state index contributed by atoms with van der Waals surface area (Å²) in [5.74, 6) is -1.72. The second-order valence-electron chi connectivity index (χ2n) is 9.45. The first kappa shape index (κ1) is 24.3. The number of carbonyl (C=O) groups excluding carboxylic acids is 2. The highest BCUT2D eigenvalue weighted by Crippen LogP contribution is 2.44. The number of benzene rings is 2. The van der Waals surface area contributed by atoms with Crippen molar-refractivity contribution in [2.45, 2.75) is 52.6 Å². The van der Waals surface area contributed by atoms with Gasteiger partial charge in [-0.1, -0.05) is 62.4 Å². The number of hydrogen-bond acceptors (Lipinski definition) is 4. The van der Waals surface area contributed by atoms with E-state index in [2.05, 4.69) is 34.9 Å². The first-order valence-corrected chi connectivity index (χ1v) is 11.2. The second kappa shape index (κ2) is 9.65. The monoisotopic (exact) mass is 452 g/mol. The molecular weight excluding hydrogens is 420 g/mol.